The fraction of sp³-hybridized carbons (Fsp3) is 0.846. The van der Waals surface area contributed by atoms with Crippen molar-refractivity contribution >= 4 is 23.8 Å². The third-order valence-corrected chi connectivity index (χ3v) is 4.46. The molecule has 5 nitrogen and oxygen atoms in total. The summed E-state index contributed by atoms with van der Waals surface area (Å²) in [5, 5.41) is 2.82. The van der Waals surface area contributed by atoms with Crippen LogP contribution in [-0.4, -0.2) is 41.8 Å². The summed E-state index contributed by atoms with van der Waals surface area (Å²) in [5.74, 6) is -0.214. The van der Waals surface area contributed by atoms with Crippen molar-refractivity contribution in [3.63, 3.8) is 0 Å². The molecular weight excluding hydrogens is 266 g/mol. The fourth-order valence-electron chi connectivity index (χ4n) is 2.25. The molecule has 1 unspecified atom stereocenters. The Bertz CT molecular complexity index is 353. The molecule has 2 atom stereocenters. The number of hydrogen-bond donors (Lipinski definition) is 1. The lowest BCUT2D eigenvalue weighted by molar-refractivity contribution is -0.143. The summed E-state index contributed by atoms with van der Waals surface area (Å²) in [4.78, 5) is 23.5. The number of carbonyl (C=O) groups excluding carboxylic acids is 2. The van der Waals surface area contributed by atoms with E-state index in [0.717, 1.165) is 6.42 Å². The molecule has 1 amide bonds. The van der Waals surface area contributed by atoms with E-state index in [-0.39, 0.29) is 12.0 Å². The maximum atomic E-state index is 11.8. The van der Waals surface area contributed by atoms with Crippen LogP contribution in [0.3, 0.4) is 0 Å². The minimum Gasteiger partial charge on any atom is -0.468 e. The number of carbonyl (C=O) groups is 2. The van der Waals surface area contributed by atoms with Crippen molar-refractivity contribution in [3.8, 4) is 0 Å². The monoisotopic (exact) mass is 289 g/mol. The number of rotatable bonds is 3. The highest BCUT2D eigenvalue weighted by Crippen LogP contribution is 2.41. The van der Waals surface area contributed by atoms with Crippen LogP contribution in [0.2, 0.25) is 0 Å². The van der Waals surface area contributed by atoms with Crippen molar-refractivity contribution < 1.29 is 19.1 Å². The van der Waals surface area contributed by atoms with Crippen LogP contribution in [0.25, 0.3) is 0 Å². The molecule has 1 rings (SSSR count). The molecule has 1 N–H and O–H groups in total. The molecule has 1 aliphatic carbocycles. The second-order valence-corrected chi connectivity index (χ2v) is 6.97. The van der Waals surface area contributed by atoms with Crippen molar-refractivity contribution in [1.82, 2.24) is 5.32 Å². The van der Waals surface area contributed by atoms with Gasteiger partial charge in [-0.3, -0.25) is 4.79 Å². The second-order valence-electron chi connectivity index (χ2n) is 5.78. The van der Waals surface area contributed by atoms with Gasteiger partial charge in [0.1, 0.15) is 10.3 Å². The molecule has 1 fully saturated rings. The average Bonchev–Trinajstić information content (AvgIpc) is 2.70. The standard InChI is InChI=1S/C13H23NO4S/c1-12(2,3)18-11(16)14-9-6-7-13(8-9,19-5)10(15)17-4/h9H,6-8H2,1-5H3,(H,14,16)/t9-,13?/m1/s1. The van der Waals surface area contributed by atoms with Gasteiger partial charge in [-0.15, -0.1) is 11.8 Å². The molecular formula is C13H23NO4S. The first-order valence-corrected chi connectivity index (χ1v) is 7.58. The third kappa shape index (κ3) is 4.30. The minimum absolute atomic E-state index is 0.0404. The zero-order chi connectivity index (χ0) is 14.7. The van der Waals surface area contributed by atoms with Crippen LogP contribution < -0.4 is 5.32 Å². The molecule has 6 heteroatoms. The van der Waals surface area contributed by atoms with Gasteiger partial charge in [-0.2, -0.15) is 0 Å². The van der Waals surface area contributed by atoms with Crippen LogP contribution in [0.5, 0.6) is 0 Å². The van der Waals surface area contributed by atoms with Gasteiger partial charge in [-0.05, 0) is 46.3 Å². The Morgan fingerprint density at radius 1 is 1.37 bits per heavy atom. The van der Waals surface area contributed by atoms with Crippen molar-refractivity contribution in [2.45, 2.75) is 56.4 Å². The zero-order valence-corrected chi connectivity index (χ0v) is 13.1. The number of methoxy groups -OCH3 is 1. The van der Waals surface area contributed by atoms with Crippen LogP contribution in [0, 0.1) is 0 Å². The summed E-state index contributed by atoms with van der Waals surface area (Å²) < 4.78 is 9.54. The van der Waals surface area contributed by atoms with Gasteiger partial charge in [0.25, 0.3) is 0 Å². The second kappa shape index (κ2) is 6.03. The average molecular weight is 289 g/mol. The Balaban J connectivity index is 2.56. The van der Waals surface area contributed by atoms with Gasteiger partial charge in [-0.25, -0.2) is 4.79 Å². The summed E-state index contributed by atoms with van der Waals surface area (Å²) in [7, 11) is 1.40. The van der Waals surface area contributed by atoms with E-state index in [0.29, 0.717) is 12.8 Å². The predicted molar refractivity (Wildman–Crippen MR) is 75.3 cm³/mol. The van der Waals surface area contributed by atoms with E-state index in [9.17, 15) is 9.59 Å². The number of thioether (sulfide) groups is 1. The van der Waals surface area contributed by atoms with Gasteiger partial charge in [-0.1, -0.05) is 0 Å². The summed E-state index contributed by atoms with van der Waals surface area (Å²) >= 11 is 1.49. The van der Waals surface area contributed by atoms with E-state index >= 15 is 0 Å². The van der Waals surface area contributed by atoms with Crippen LogP contribution in [0.15, 0.2) is 0 Å². The van der Waals surface area contributed by atoms with Gasteiger partial charge in [0.2, 0.25) is 0 Å². The predicted octanol–water partition coefficient (Wildman–Crippen LogP) is 2.34. The molecule has 19 heavy (non-hydrogen) atoms. The van der Waals surface area contributed by atoms with Gasteiger partial charge in [0.05, 0.1) is 7.11 Å². The van der Waals surface area contributed by atoms with Gasteiger partial charge in [0.15, 0.2) is 0 Å². The number of hydrogen-bond acceptors (Lipinski definition) is 5. The molecule has 1 aliphatic rings. The first kappa shape index (κ1) is 16.1. The Kier molecular flexibility index (Phi) is 5.12. The van der Waals surface area contributed by atoms with E-state index < -0.39 is 16.4 Å². The summed E-state index contributed by atoms with van der Waals surface area (Å²) in [6.07, 6.45) is 3.52. The molecule has 0 aromatic heterocycles. The molecule has 0 radical (unpaired) electrons. The summed E-state index contributed by atoms with van der Waals surface area (Å²) in [6.45, 7) is 5.46. The minimum atomic E-state index is -0.533. The Morgan fingerprint density at radius 3 is 2.47 bits per heavy atom. The van der Waals surface area contributed by atoms with Crippen molar-refractivity contribution in [2.24, 2.45) is 0 Å². The van der Waals surface area contributed by atoms with Crippen LogP contribution in [0.4, 0.5) is 4.79 Å². The molecule has 110 valence electrons. The Labute approximate surface area is 118 Å². The van der Waals surface area contributed by atoms with E-state index in [1.54, 1.807) is 0 Å². The lowest BCUT2D eigenvalue weighted by Gasteiger charge is -2.25. The molecule has 0 aromatic rings. The molecule has 1 saturated carbocycles. The van der Waals surface area contributed by atoms with E-state index in [2.05, 4.69) is 5.32 Å². The first-order valence-electron chi connectivity index (χ1n) is 6.35. The van der Waals surface area contributed by atoms with Crippen LogP contribution >= 0.6 is 11.8 Å². The largest absolute Gasteiger partial charge is 0.468 e. The van der Waals surface area contributed by atoms with Crippen LogP contribution in [0.1, 0.15) is 40.0 Å². The van der Waals surface area contributed by atoms with Crippen molar-refractivity contribution in [3.05, 3.63) is 0 Å². The SMILES string of the molecule is COC(=O)C1(SC)CC[C@@H](NC(=O)OC(C)(C)C)C1. The van der Waals surface area contributed by atoms with Crippen molar-refractivity contribution in [2.75, 3.05) is 13.4 Å². The molecule has 0 aromatic carbocycles. The molecule has 0 bridgehead atoms. The zero-order valence-electron chi connectivity index (χ0n) is 12.2. The molecule has 0 aliphatic heterocycles. The van der Waals surface area contributed by atoms with Gasteiger partial charge in [0, 0.05) is 6.04 Å². The molecule has 0 heterocycles. The smallest absolute Gasteiger partial charge is 0.407 e. The lowest BCUT2D eigenvalue weighted by Crippen LogP contribution is -2.40. The van der Waals surface area contributed by atoms with Crippen molar-refractivity contribution in [1.29, 1.82) is 0 Å². The number of esters is 1. The summed E-state index contributed by atoms with van der Waals surface area (Å²) in [6, 6.07) is -0.0404. The molecule has 0 saturated heterocycles. The van der Waals surface area contributed by atoms with Crippen LogP contribution in [-0.2, 0) is 14.3 Å². The normalized spacial score (nSPS) is 26.9. The number of alkyl carbamates (subject to hydrolysis) is 1. The highest BCUT2D eigenvalue weighted by Gasteiger charge is 2.46. The fourth-order valence-corrected chi connectivity index (χ4v) is 3.19. The lowest BCUT2D eigenvalue weighted by atomic mass is 10.1. The summed E-state index contributed by atoms with van der Waals surface area (Å²) in [5.41, 5.74) is -0.512. The van der Waals surface area contributed by atoms with E-state index in [1.165, 1.54) is 18.9 Å². The Hall–Kier alpha value is -0.910. The maximum absolute atomic E-state index is 11.8. The quantitative estimate of drug-likeness (QED) is 0.808. The van der Waals surface area contributed by atoms with Gasteiger partial charge >= 0.3 is 12.1 Å². The number of nitrogens with one attached hydrogen (secondary N) is 1. The highest BCUT2D eigenvalue weighted by atomic mass is 32.2. The maximum Gasteiger partial charge on any atom is 0.407 e. The van der Waals surface area contributed by atoms with E-state index in [4.69, 9.17) is 9.47 Å². The third-order valence-electron chi connectivity index (χ3n) is 3.14. The highest BCUT2D eigenvalue weighted by molar-refractivity contribution is 8.00. The number of ether oxygens (including phenoxy) is 2. The Morgan fingerprint density at radius 2 is 2.00 bits per heavy atom. The van der Waals surface area contributed by atoms with Gasteiger partial charge < -0.3 is 14.8 Å². The molecule has 0 spiro atoms. The first-order chi connectivity index (χ1) is 8.72. The number of amides is 1. The topological polar surface area (TPSA) is 64.6 Å². The van der Waals surface area contributed by atoms with E-state index in [1.807, 2.05) is 27.0 Å².